The van der Waals surface area contributed by atoms with Crippen LogP contribution >= 0.6 is 11.6 Å². The fourth-order valence-corrected chi connectivity index (χ4v) is 8.26. The lowest BCUT2D eigenvalue weighted by Gasteiger charge is -2.38. The number of hydrogen-bond donors (Lipinski definition) is 4. The van der Waals surface area contributed by atoms with Crippen molar-refractivity contribution in [3.63, 3.8) is 0 Å². The third kappa shape index (κ3) is 5.34. The number of sulfone groups is 1. The van der Waals surface area contributed by atoms with Gasteiger partial charge in [-0.2, -0.15) is 0 Å². The molecule has 15 heteroatoms. The number of fused-ring (bicyclic) bond motifs is 1. The normalized spacial score (nSPS) is 26.0. The molecule has 3 aliphatic rings. The van der Waals surface area contributed by atoms with E-state index in [-0.39, 0.29) is 56.9 Å². The highest BCUT2D eigenvalue weighted by Crippen LogP contribution is 2.56. The van der Waals surface area contributed by atoms with Gasteiger partial charge in [-0.1, -0.05) is 24.6 Å². The highest BCUT2D eigenvalue weighted by atomic mass is 35.5. The number of Topliss-reactive ketones (excluding diaryl/α,β-unsaturated/α-hetero) is 2. The molecule has 1 saturated heterocycles. The maximum Gasteiger partial charge on any atom is 0.231 e. The van der Waals surface area contributed by atoms with Gasteiger partial charge >= 0.3 is 0 Å². The van der Waals surface area contributed by atoms with E-state index >= 15 is 0 Å². The molecule has 242 valence electrons. The zero-order chi connectivity index (χ0) is 33.0. The zero-order valence-electron chi connectivity index (χ0n) is 24.7. The van der Waals surface area contributed by atoms with E-state index in [0.29, 0.717) is 0 Å². The maximum absolute atomic E-state index is 14.2. The molecule has 2 aromatic rings. The maximum atomic E-state index is 14.2. The molecule has 5 rings (SSSR count). The number of aliphatic hydroxyl groups is 2. The number of phenols is 1. The van der Waals surface area contributed by atoms with Gasteiger partial charge in [-0.15, -0.1) is 0 Å². The van der Waals surface area contributed by atoms with E-state index in [1.165, 1.54) is 45.6 Å². The topological polar surface area (TPSA) is 195 Å². The van der Waals surface area contributed by atoms with Crippen LogP contribution in [0.25, 0.3) is 0 Å². The van der Waals surface area contributed by atoms with E-state index < -0.39 is 80.6 Å². The van der Waals surface area contributed by atoms with Crippen molar-refractivity contribution in [3.05, 3.63) is 51.7 Å². The number of aromatic hydroxyl groups is 1. The largest absolute Gasteiger partial charge is 0.507 e. The summed E-state index contributed by atoms with van der Waals surface area (Å²) < 4.78 is 46.2. The smallest absolute Gasteiger partial charge is 0.231 e. The summed E-state index contributed by atoms with van der Waals surface area (Å²) in [5, 5.41) is 34.9. The number of aliphatic hydroxyl groups excluding tert-OH is 2. The number of benzene rings is 2. The summed E-state index contributed by atoms with van der Waals surface area (Å²) in [7, 11) is 0.402. The SMILES string of the molecule is COc1cc(C(CC(=O)NC2CS(=O)(=O)CC2O)C2=C(O)C3(Oc4c(Cl)c(OC)cc(OC)c4C3=O)C(C)CC2=O)ccc1O. The Balaban J connectivity index is 1.65. The summed E-state index contributed by atoms with van der Waals surface area (Å²) >= 11 is 6.52. The minimum atomic E-state index is -3.59. The Hall–Kier alpha value is -4.01. The average Bonchev–Trinajstić information content (AvgIpc) is 3.44. The van der Waals surface area contributed by atoms with Crippen molar-refractivity contribution in [2.24, 2.45) is 5.92 Å². The monoisotopic (exact) mass is 665 g/mol. The molecule has 1 amide bonds. The first-order valence-corrected chi connectivity index (χ1v) is 16.1. The molecule has 2 aliphatic heterocycles. The number of methoxy groups -OCH3 is 3. The van der Waals surface area contributed by atoms with Crippen LogP contribution < -0.4 is 24.3 Å². The van der Waals surface area contributed by atoms with Crippen molar-refractivity contribution < 1.29 is 57.1 Å². The summed E-state index contributed by atoms with van der Waals surface area (Å²) in [6, 6.07) is 4.37. The number of phenolic OH excluding ortho intramolecular Hbond substituents is 1. The molecule has 5 atom stereocenters. The molecule has 0 saturated carbocycles. The molecule has 0 bridgehead atoms. The number of nitrogens with one attached hydrogen (secondary N) is 1. The fourth-order valence-electron chi connectivity index (χ4n) is 6.25. The van der Waals surface area contributed by atoms with Gasteiger partial charge in [-0.25, -0.2) is 8.42 Å². The first-order valence-electron chi connectivity index (χ1n) is 13.9. The highest BCUT2D eigenvalue weighted by Gasteiger charge is 2.61. The third-order valence-corrected chi connectivity index (χ3v) is 10.6. The van der Waals surface area contributed by atoms with Crippen molar-refractivity contribution >= 4 is 38.9 Å². The Kier molecular flexibility index (Phi) is 8.44. The number of carbonyl (C=O) groups excluding carboxylic acids is 3. The van der Waals surface area contributed by atoms with E-state index in [4.69, 9.17) is 30.5 Å². The lowest BCUT2D eigenvalue weighted by Crippen LogP contribution is -2.53. The quantitative estimate of drug-likeness (QED) is 0.322. The van der Waals surface area contributed by atoms with Gasteiger partial charge in [0.25, 0.3) is 0 Å². The van der Waals surface area contributed by atoms with Gasteiger partial charge in [-0.05, 0) is 17.7 Å². The van der Waals surface area contributed by atoms with Gasteiger partial charge in [0.05, 0.1) is 45.0 Å². The number of allylic oxidation sites excluding steroid dienone is 1. The number of ether oxygens (including phenoxy) is 4. The Morgan fingerprint density at radius 2 is 1.76 bits per heavy atom. The minimum absolute atomic E-state index is 0.00542. The molecule has 1 aliphatic carbocycles. The molecule has 2 heterocycles. The second-order valence-corrected chi connectivity index (χ2v) is 13.8. The molecule has 5 unspecified atom stereocenters. The first kappa shape index (κ1) is 32.4. The second-order valence-electron chi connectivity index (χ2n) is 11.3. The fraction of sp³-hybridized carbons (Fsp3) is 0.433. The van der Waals surface area contributed by atoms with Crippen LogP contribution in [0.3, 0.4) is 0 Å². The van der Waals surface area contributed by atoms with E-state index in [1.807, 2.05) is 0 Å². The summed E-state index contributed by atoms with van der Waals surface area (Å²) in [5.74, 6) is -6.05. The standard InChI is InChI=1S/C30H32ClNO12S/c1-13-7-18(34)24(28(37)30(13)29(38)25-21(42-3)10-22(43-4)26(31)27(25)44-30)15(14-5-6-17(33)20(8-14)41-2)9-23(36)32-16-11-45(39,40)12-19(16)35/h5-6,8,10,13,15-16,19,33,35,37H,7,9,11-12H2,1-4H3,(H,32,36). The van der Waals surface area contributed by atoms with Gasteiger partial charge in [0.1, 0.15) is 22.1 Å². The van der Waals surface area contributed by atoms with Gasteiger partial charge in [-0.3, -0.25) is 14.4 Å². The minimum Gasteiger partial charge on any atom is -0.507 e. The van der Waals surface area contributed by atoms with Crippen LogP contribution in [0.1, 0.15) is 41.6 Å². The number of halogens is 1. The van der Waals surface area contributed by atoms with Crippen LogP contribution in [0, 0.1) is 5.92 Å². The number of rotatable bonds is 8. The second kappa shape index (κ2) is 11.7. The first-order chi connectivity index (χ1) is 21.2. The Morgan fingerprint density at radius 3 is 2.36 bits per heavy atom. The van der Waals surface area contributed by atoms with Crippen molar-refractivity contribution in [2.75, 3.05) is 32.8 Å². The number of ketones is 2. The number of hydrogen-bond acceptors (Lipinski definition) is 12. The van der Waals surface area contributed by atoms with Gasteiger partial charge in [0.2, 0.25) is 17.3 Å². The van der Waals surface area contributed by atoms with Crippen LogP contribution in [-0.2, 0) is 19.4 Å². The summed E-state index contributed by atoms with van der Waals surface area (Å²) in [6.07, 6.45) is -2.13. The molecule has 45 heavy (non-hydrogen) atoms. The zero-order valence-corrected chi connectivity index (χ0v) is 26.3. The van der Waals surface area contributed by atoms with Crippen molar-refractivity contribution in [1.82, 2.24) is 5.32 Å². The van der Waals surface area contributed by atoms with Crippen LogP contribution in [0.4, 0.5) is 0 Å². The average molecular weight is 666 g/mol. The van der Waals surface area contributed by atoms with Gasteiger partial charge in [0, 0.05) is 36.3 Å². The number of amides is 1. The summed E-state index contributed by atoms with van der Waals surface area (Å²) in [6.45, 7) is 1.56. The summed E-state index contributed by atoms with van der Waals surface area (Å²) in [5.41, 5.74) is -2.24. The molecule has 13 nitrogen and oxygen atoms in total. The van der Waals surface area contributed by atoms with E-state index in [0.717, 1.165) is 0 Å². The van der Waals surface area contributed by atoms with Crippen molar-refractivity contribution in [2.45, 2.75) is 43.4 Å². The van der Waals surface area contributed by atoms with Crippen LogP contribution in [-0.4, -0.2) is 91.8 Å². The third-order valence-electron chi connectivity index (χ3n) is 8.52. The van der Waals surface area contributed by atoms with Gasteiger partial charge in [0.15, 0.2) is 38.6 Å². The van der Waals surface area contributed by atoms with E-state index in [2.05, 4.69) is 5.32 Å². The molecule has 2 aromatic carbocycles. The molecular weight excluding hydrogens is 634 g/mol. The number of carbonyl (C=O) groups is 3. The molecular formula is C30H32ClNO12S. The lowest BCUT2D eigenvalue weighted by atomic mass is 9.69. The van der Waals surface area contributed by atoms with Crippen molar-refractivity contribution in [3.8, 4) is 28.7 Å². The Morgan fingerprint density at radius 1 is 1.09 bits per heavy atom. The molecule has 0 radical (unpaired) electrons. The summed E-state index contributed by atoms with van der Waals surface area (Å²) in [4.78, 5) is 41.3. The molecule has 0 aromatic heterocycles. The van der Waals surface area contributed by atoms with E-state index in [1.54, 1.807) is 6.92 Å². The van der Waals surface area contributed by atoms with Crippen LogP contribution in [0.2, 0.25) is 5.02 Å². The van der Waals surface area contributed by atoms with Crippen LogP contribution in [0.5, 0.6) is 28.7 Å². The predicted molar refractivity (Wildman–Crippen MR) is 159 cm³/mol. The highest BCUT2D eigenvalue weighted by molar-refractivity contribution is 7.91. The predicted octanol–water partition coefficient (Wildman–Crippen LogP) is 2.25. The van der Waals surface area contributed by atoms with E-state index in [9.17, 15) is 38.1 Å². The lowest BCUT2D eigenvalue weighted by molar-refractivity contribution is -0.122. The van der Waals surface area contributed by atoms with Crippen LogP contribution in [0.15, 0.2) is 35.6 Å². The van der Waals surface area contributed by atoms with Gasteiger partial charge < -0.3 is 39.6 Å². The Bertz CT molecular complexity index is 1740. The van der Waals surface area contributed by atoms with Crippen molar-refractivity contribution in [1.29, 1.82) is 0 Å². The molecule has 1 spiro atoms. The Labute approximate surface area is 263 Å². The molecule has 1 fully saturated rings. The molecule has 4 N–H and O–H groups in total.